The van der Waals surface area contributed by atoms with Crippen LogP contribution in [0.4, 0.5) is 0 Å². The number of amides is 1. The van der Waals surface area contributed by atoms with Crippen LogP contribution in [0.2, 0.25) is 10.0 Å². The maximum atomic E-state index is 12.4. The Morgan fingerprint density at radius 1 is 1.05 bits per heavy atom. The molecule has 0 saturated carbocycles. The molecule has 0 aliphatic heterocycles. The summed E-state index contributed by atoms with van der Waals surface area (Å²) < 4.78 is 0. The molecule has 0 fully saturated rings. The molecule has 0 heterocycles. The van der Waals surface area contributed by atoms with E-state index in [2.05, 4.69) is 0 Å². The van der Waals surface area contributed by atoms with Crippen molar-refractivity contribution in [2.75, 3.05) is 7.05 Å². The van der Waals surface area contributed by atoms with E-state index in [1.54, 1.807) is 36.2 Å². The van der Waals surface area contributed by atoms with E-state index in [-0.39, 0.29) is 5.91 Å². The minimum absolute atomic E-state index is 0.0620. The molecule has 2 aromatic rings. The van der Waals surface area contributed by atoms with Crippen LogP contribution in [0.1, 0.15) is 21.5 Å². The third-order valence-electron chi connectivity index (χ3n) is 3.08. The number of carbonyl (C=O) groups is 1. The lowest BCUT2D eigenvalue weighted by Crippen LogP contribution is -2.26. The van der Waals surface area contributed by atoms with Gasteiger partial charge >= 0.3 is 0 Å². The second kappa shape index (κ2) is 7.17. The van der Waals surface area contributed by atoms with Gasteiger partial charge in [0.2, 0.25) is 0 Å². The molecule has 0 atom stereocenters. The summed E-state index contributed by atoms with van der Waals surface area (Å²) >= 11 is 17.7. The lowest BCUT2D eigenvalue weighted by Gasteiger charge is -2.18. The van der Waals surface area contributed by atoms with Gasteiger partial charge in [-0.1, -0.05) is 41.4 Å². The van der Waals surface area contributed by atoms with Crippen LogP contribution in [0.3, 0.4) is 0 Å². The molecule has 5 heteroatoms. The van der Waals surface area contributed by atoms with Crippen molar-refractivity contribution in [2.24, 2.45) is 0 Å². The second-order valence-corrected chi connectivity index (χ2v) is 5.83. The molecule has 2 rings (SSSR count). The van der Waals surface area contributed by atoms with E-state index >= 15 is 0 Å². The first-order chi connectivity index (χ1) is 10.0. The second-order valence-electron chi connectivity index (χ2n) is 4.74. The average Bonchev–Trinajstić information content (AvgIpc) is 2.50. The van der Waals surface area contributed by atoms with Gasteiger partial charge in [0.15, 0.2) is 0 Å². The third-order valence-corrected chi connectivity index (χ3v) is 4.13. The molecule has 0 bridgehead atoms. The predicted molar refractivity (Wildman–Crippen MR) is 88.3 cm³/mol. The Morgan fingerprint density at radius 3 is 2.48 bits per heavy atom. The van der Waals surface area contributed by atoms with Crippen molar-refractivity contribution in [3.8, 4) is 0 Å². The van der Waals surface area contributed by atoms with E-state index in [1.165, 1.54) is 0 Å². The Morgan fingerprint density at radius 2 is 1.81 bits per heavy atom. The highest BCUT2D eigenvalue weighted by atomic mass is 35.5. The molecule has 0 spiro atoms. The molecule has 0 radical (unpaired) electrons. The Labute approximate surface area is 139 Å². The fraction of sp³-hybridized carbons (Fsp3) is 0.188. The molecule has 0 aliphatic rings. The van der Waals surface area contributed by atoms with Crippen molar-refractivity contribution in [3.05, 3.63) is 69.2 Å². The minimum atomic E-state index is -0.0620. The number of nitrogens with zero attached hydrogens (tertiary/aromatic N) is 1. The number of benzene rings is 2. The smallest absolute Gasteiger partial charge is 0.253 e. The summed E-state index contributed by atoms with van der Waals surface area (Å²) in [7, 11) is 1.75. The van der Waals surface area contributed by atoms with Crippen LogP contribution in [0.5, 0.6) is 0 Å². The highest BCUT2D eigenvalue weighted by Gasteiger charge is 2.13. The number of hydrogen-bond donors (Lipinski definition) is 0. The number of carbonyl (C=O) groups excluding carboxylic acids is 1. The van der Waals surface area contributed by atoms with Gasteiger partial charge in [0.1, 0.15) is 0 Å². The minimum Gasteiger partial charge on any atom is -0.337 e. The van der Waals surface area contributed by atoms with Crippen molar-refractivity contribution >= 4 is 40.7 Å². The summed E-state index contributed by atoms with van der Waals surface area (Å²) in [5, 5.41) is 0.989. The fourth-order valence-corrected chi connectivity index (χ4v) is 2.48. The molecular weight excluding hydrogens is 329 g/mol. The molecule has 0 N–H and O–H groups in total. The van der Waals surface area contributed by atoms with Crippen molar-refractivity contribution < 1.29 is 4.79 Å². The monoisotopic (exact) mass is 341 g/mol. The molecule has 0 aliphatic carbocycles. The highest BCUT2D eigenvalue weighted by Crippen LogP contribution is 2.23. The first kappa shape index (κ1) is 16.2. The van der Waals surface area contributed by atoms with Crippen molar-refractivity contribution in [3.63, 3.8) is 0 Å². The molecule has 2 nitrogen and oxygen atoms in total. The van der Waals surface area contributed by atoms with Crippen LogP contribution in [0.25, 0.3) is 0 Å². The zero-order chi connectivity index (χ0) is 15.4. The summed E-state index contributed by atoms with van der Waals surface area (Å²) in [6, 6.07) is 12.7. The molecule has 110 valence electrons. The first-order valence-corrected chi connectivity index (χ1v) is 7.64. The van der Waals surface area contributed by atoms with Gasteiger partial charge in [-0.05, 0) is 35.4 Å². The van der Waals surface area contributed by atoms with Gasteiger partial charge in [0.05, 0.1) is 10.0 Å². The maximum absolute atomic E-state index is 12.4. The topological polar surface area (TPSA) is 20.3 Å². The molecule has 0 aromatic heterocycles. The summed E-state index contributed by atoms with van der Waals surface area (Å²) in [5.41, 5.74) is 2.47. The normalized spacial score (nSPS) is 10.5. The number of hydrogen-bond acceptors (Lipinski definition) is 1. The number of halogens is 3. The Kier molecular flexibility index (Phi) is 5.51. The standard InChI is InChI=1S/C16H14Cl3NO/c1-20(10-12-5-6-14(18)15(19)8-12)16(21)13-4-2-3-11(7-13)9-17/h2-8H,9-10H2,1H3. The van der Waals surface area contributed by atoms with E-state index < -0.39 is 0 Å². The van der Waals surface area contributed by atoms with Gasteiger partial charge in [-0.25, -0.2) is 0 Å². The van der Waals surface area contributed by atoms with Crippen molar-refractivity contribution in [1.82, 2.24) is 4.90 Å². The van der Waals surface area contributed by atoms with Gasteiger partial charge in [0.25, 0.3) is 5.91 Å². The summed E-state index contributed by atoms with van der Waals surface area (Å²) in [6.07, 6.45) is 0. The van der Waals surface area contributed by atoms with E-state index in [0.29, 0.717) is 28.0 Å². The third kappa shape index (κ3) is 4.13. The zero-order valence-electron chi connectivity index (χ0n) is 11.4. The predicted octanol–water partition coefficient (Wildman–Crippen LogP) is 5.00. The van der Waals surface area contributed by atoms with E-state index in [1.807, 2.05) is 18.2 Å². The Bertz CT molecular complexity index is 658. The fourth-order valence-electron chi connectivity index (χ4n) is 1.99. The summed E-state index contributed by atoms with van der Waals surface area (Å²) in [6.45, 7) is 0.459. The molecule has 0 unspecified atom stereocenters. The molecule has 2 aromatic carbocycles. The van der Waals surface area contributed by atoms with Crippen LogP contribution < -0.4 is 0 Å². The van der Waals surface area contributed by atoms with Crippen LogP contribution in [0.15, 0.2) is 42.5 Å². The van der Waals surface area contributed by atoms with E-state index in [4.69, 9.17) is 34.8 Å². The SMILES string of the molecule is CN(Cc1ccc(Cl)c(Cl)c1)C(=O)c1cccc(CCl)c1. The van der Waals surface area contributed by atoms with Gasteiger partial charge in [0, 0.05) is 25.0 Å². The van der Waals surface area contributed by atoms with Gasteiger partial charge in [-0.15, -0.1) is 11.6 Å². The van der Waals surface area contributed by atoms with Gasteiger partial charge in [-0.3, -0.25) is 4.79 Å². The maximum Gasteiger partial charge on any atom is 0.253 e. The molecule has 0 saturated heterocycles. The molecular formula is C16H14Cl3NO. The highest BCUT2D eigenvalue weighted by molar-refractivity contribution is 6.42. The van der Waals surface area contributed by atoms with Gasteiger partial charge < -0.3 is 4.90 Å². The Hall–Kier alpha value is -1.22. The largest absolute Gasteiger partial charge is 0.337 e. The lowest BCUT2D eigenvalue weighted by molar-refractivity contribution is 0.0785. The summed E-state index contributed by atoms with van der Waals surface area (Å²) in [5.74, 6) is 0.325. The lowest BCUT2D eigenvalue weighted by atomic mass is 10.1. The van der Waals surface area contributed by atoms with Crippen LogP contribution in [0, 0.1) is 0 Å². The van der Waals surface area contributed by atoms with E-state index in [0.717, 1.165) is 11.1 Å². The number of alkyl halides is 1. The quantitative estimate of drug-likeness (QED) is 0.716. The van der Waals surface area contributed by atoms with Crippen molar-refractivity contribution in [2.45, 2.75) is 12.4 Å². The number of rotatable bonds is 4. The zero-order valence-corrected chi connectivity index (χ0v) is 13.7. The first-order valence-electron chi connectivity index (χ1n) is 6.35. The van der Waals surface area contributed by atoms with Crippen LogP contribution in [-0.4, -0.2) is 17.9 Å². The molecule has 1 amide bonds. The Balaban J connectivity index is 2.13. The average molecular weight is 343 g/mol. The summed E-state index contributed by atoms with van der Waals surface area (Å²) in [4.78, 5) is 14.0. The van der Waals surface area contributed by atoms with Crippen molar-refractivity contribution in [1.29, 1.82) is 0 Å². The van der Waals surface area contributed by atoms with Gasteiger partial charge in [-0.2, -0.15) is 0 Å². The van der Waals surface area contributed by atoms with Crippen LogP contribution in [-0.2, 0) is 12.4 Å². The van der Waals surface area contributed by atoms with E-state index in [9.17, 15) is 4.79 Å². The van der Waals surface area contributed by atoms with Crippen LogP contribution >= 0.6 is 34.8 Å². The molecule has 21 heavy (non-hydrogen) atoms.